The third kappa shape index (κ3) is 1.69. The van der Waals surface area contributed by atoms with Gasteiger partial charge in [-0.15, -0.1) is 11.3 Å². The number of nitriles is 1. The molecule has 0 aliphatic carbocycles. The molecule has 0 spiro atoms. The molecule has 0 saturated carbocycles. The van der Waals surface area contributed by atoms with Crippen LogP contribution in [-0.4, -0.2) is 9.97 Å². The molecular formula is C12H7N3OS. The molecule has 3 rings (SSSR count). The summed E-state index contributed by atoms with van der Waals surface area (Å²) < 4.78 is 5.46. The first-order valence-corrected chi connectivity index (χ1v) is 5.87. The molecule has 0 N–H and O–H groups in total. The Morgan fingerprint density at radius 2 is 2.24 bits per heavy atom. The lowest BCUT2D eigenvalue weighted by molar-refractivity contribution is 0.561. The van der Waals surface area contributed by atoms with E-state index in [2.05, 4.69) is 9.97 Å². The summed E-state index contributed by atoms with van der Waals surface area (Å²) in [6.07, 6.45) is 0. The second kappa shape index (κ2) is 3.68. The number of hydrogen-bond acceptors (Lipinski definition) is 5. The Hall–Kier alpha value is -2.19. The summed E-state index contributed by atoms with van der Waals surface area (Å²) in [4.78, 5) is 8.44. The van der Waals surface area contributed by atoms with E-state index in [1.165, 1.54) is 11.3 Å². The van der Waals surface area contributed by atoms with E-state index in [-0.39, 0.29) is 0 Å². The van der Waals surface area contributed by atoms with Crippen molar-refractivity contribution in [2.45, 2.75) is 6.92 Å². The largest absolute Gasteiger partial charge is 0.441 e. The van der Waals surface area contributed by atoms with E-state index in [1.54, 1.807) is 5.38 Å². The molecule has 0 saturated heterocycles. The molecule has 0 unspecified atom stereocenters. The molecule has 0 fully saturated rings. The first-order chi connectivity index (χ1) is 8.26. The Morgan fingerprint density at radius 1 is 1.35 bits per heavy atom. The van der Waals surface area contributed by atoms with E-state index in [4.69, 9.17) is 9.68 Å². The molecule has 17 heavy (non-hydrogen) atoms. The summed E-state index contributed by atoms with van der Waals surface area (Å²) in [7, 11) is 0. The van der Waals surface area contributed by atoms with Crippen molar-refractivity contribution < 1.29 is 4.42 Å². The van der Waals surface area contributed by atoms with Crippen molar-refractivity contribution in [3.8, 4) is 16.6 Å². The van der Waals surface area contributed by atoms with Crippen LogP contribution < -0.4 is 0 Å². The van der Waals surface area contributed by atoms with Crippen LogP contribution >= 0.6 is 11.3 Å². The number of benzene rings is 1. The predicted molar refractivity (Wildman–Crippen MR) is 64.6 cm³/mol. The normalized spacial score (nSPS) is 10.6. The molecule has 3 aromatic rings. The number of aromatic nitrogens is 2. The highest BCUT2D eigenvalue weighted by Crippen LogP contribution is 2.27. The minimum Gasteiger partial charge on any atom is -0.441 e. The van der Waals surface area contributed by atoms with Crippen molar-refractivity contribution in [1.82, 2.24) is 9.97 Å². The van der Waals surface area contributed by atoms with E-state index < -0.39 is 0 Å². The van der Waals surface area contributed by atoms with Crippen LogP contribution in [0.5, 0.6) is 0 Å². The highest BCUT2D eigenvalue weighted by atomic mass is 32.1. The highest BCUT2D eigenvalue weighted by Gasteiger charge is 2.08. The lowest BCUT2D eigenvalue weighted by Crippen LogP contribution is -1.77. The lowest BCUT2D eigenvalue weighted by Gasteiger charge is -1.94. The maximum atomic E-state index is 8.74. The van der Waals surface area contributed by atoms with Gasteiger partial charge in [0.15, 0.2) is 17.2 Å². The Kier molecular flexibility index (Phi) is 2.16. The van der Waals surface area contributed by atoms with Crippen molar-refractivity contribution in [3.63, 3.8) is 0 Å². The quantitative estimate of drug-likeness (QED) is 0.656. The van der Waals surface area contributed by atoms with Gasteiger partial charge in [-0.05, 0) is 18.2 Å². The maximum Gasteiger partial charge on any atom is 0.192 e. The molecule has 0 atom stereocenters. The van der Waals surface area contributed by atoms with Gasteiger partial charge < -0.3 is 4.42 Å². The number of aryl methyl sites for hydroxylation is 1. The third-order valence-electron chi connectivity index (χ3n) is 2.36. The number of rotatable bonds is 1. The molecule has 1 aromatic carbocycles. The first kappa shape index (κ1) is 10.00. The fourth-order valence-corrected chi connectivity index (χ4v) is 2.37. The first-order valence-electron chi connectivity index (χ1n) is 4.99. The number of fused-ring (bicyclic) bond motifs is 1. The summed E-state index contributed by atoms with van der Waals surface area (Å²) in [5.74, 6) is 0.647. The smallest absolute Gasteiger partial charge is 0.192 e. The van der Waals surface area contributed by atoms with E-state index in [0.29, 0.717) is 11.6 Å². The van der Waals surface area contributed by atoms with Crippen molar-refractivity contribution in [2.24, 2.45) is 0 Å². The van der Waals surface area contributed by atoms with Gasteiger partial charge in [0.05, 0.1) is 0 Å². The SMILES string of the molecule is Cc1nc2ccc(-c3nc(C#N)cs3)cc2o1. The second-order valence-corrected chi connectivity index (χ2v) is 4.42. The van der Waals surface area contributed by atoms with Gasteiger partial charge >= 0.3 is 0 Å². The van der Waals surface area contributed by atoms with Crippen molar-refractivity contribution >= 4 is 22.4 Å². The predicted octanol–water partition coefficient (Wildman–Crippen LogP) is 3.13. The molecule has 2 heterocycles. The fourth-order valence-electron chi connectivity index (χ4n) is 1.63. The topological polar surface area (TPSA) is 62.7 Å². The van der Waals surface area contributed by atoms with E-state index in [9.17, 15) is 0 Å². The van der Waals surface area contributed by atoms with Gasteiger partial charge in [0.25, 0.3) is 0 Å². The van der Waals surface area contributed by atoms with Gasteiger partial charge in [0.2, 0.25) is 0 Å². The lowest BCUT2D eigenvalue weighted by atomic mass is 10.2. The molecule has 0 bridgehead atoms. The van der Waals surface area contributed by atoms with Crippen molar-refractivity contribution in [2.75, 3.05) is 0 Å². The summed E-state index contributed by atoms with van der Waals surface area (Å²) >= 11 is 1.45. The number of oxazole rings is 1. The molecule has 0 aliphatic rings. The number of hydrogen-bond donors (Lipinski definition) is 0. The summed E-state index contributed by atoms with van der Waals surface area (Å²) in [6.45, 7) is 1.82. The van der Waals surface area contributed by atoms with E-state index >= 15 is 0 Å². The zero-order chi connectivity index (χ0) is 11.8. The van der Waals surface area contributed by atoms with Crippen molar-refractivity contribution in [1.29, 1.82) is 5.26 Å². The van der Waals surface area contributed by atoms with Crippen LogP contribution in [0.2, 0.25) is 0 Å². The standard InChI is InChI=1S/C12H7N3OS/c1-7-14-10-3-2-8(4-11(10)16-7)12-15-9(5-13)6-17-12/h2-4,6H,1H3. The second-order valence-electron chi connectivity index (χ2n) is 3.57. The minimum absolute atomic E-state index is 0.443. The summed E-state index contributed by atoms with van der Waals surface area (Å²) in [6, 6.07) is 7.75. The Labute approximate surface area is 101 Å². The molecule has 0 aliphatic heterocycles. The molecular weight excluding hydrogens is 234 g/mol. The average Bonchev–Trinajstić information content (AvgIpc) is 2.92. The highest BCUT2D eigenvalue weighted by molar-refractivity contribution is 7.13. The summed E-state index contributed by atoms with van der Waals surface area (Å²) in [5.41, 5.74) is 2.97. The molecule has 0 amide bonds. The van der Waals surface area contributed by atoms with Crippen LogP contribution in [0.25, 0.3) is 21.7 Å². The van der Waals surface area contributed by atoms with Gasteiger partial charge in [0.1, 0.15) is 16.6 Å². The van der Waals surface area contributed by atoms with Crippen LogP contribution in [0.1, 0.15) is 11.6 Å². The fraction of sp³-hybridized carbons (Fsp3) is 0.0833. The number of thiazole rings is 1. The Bertz CT molecular complexity index is 736. The zero-order valence-electron chi connectivity index (χ0n) is 8.97. The van der Waals surface area contributed by atoms with Gasteiger partial charge in [-0.1, -0.05) is 0 Å². The van der Waals surface area contributed by atoms with E-state index in [0.717, 1.165) is 21.7 Å². The number of nitrogens with zero attached hydrogens (tertiary/aromatic N) is 3. The van der Waals surface area contributed by atoms with Gasteiger partial charge in [-0.3, -0.25) is 0 Å². The zero-order valence-corrected chi connectivity index (χ0v) is 9.78. The molecule has 0 radical (unpaired) electrons. The molecule has 4 nitrogen and oxygen atoms in total. The van der Waals surface area contributed by atoms with Gasteiger partial charge in [-0.25, -0.2) is 9.97 Å². The van der Waals surface area contributed by atoms with Crippen LogP contribution in [0.3, 0.4) is 0 Å². The van der Waals surface area contributed by atoms with Crippen LogP contribution in [0, 0.1) is 18.3 Å². The molecule has 2 aromatic heterocycles. The monoisotopic (exact) mass is 241 g/mol. The van der Waals surface area contributed by atoms with Gasteiger partial charge in [-0.2, -0.15) is 5.26 Å². The van der Waals surface area contributed by atoms with Gasteiger partial charge in [0, 0.05) is 17.9 Å². The van der Waals surface area contributed by atoms with Crippen LogP contribution in [0.15, 0.2) is 28.0 Å². The third-order valence-corrected chi connectivity index (χ3v) is 3.25. The maximum absolute atomic E-state index is 8.74. The van der Waals surface area contributed by atoms with Crippen LogP contribution in [0.4, 0.5) is 0 Å². The average molecular weight is 241 g/mol. The molecule has 82 valence electrons. The molecule has 5 heteroatoms. The van der Waals surface area contributed by atoms with Crippen LogP contribution in [-0.2, 0) is 0 Å². The Morgan fingerprint density at radius 3 is 3.00 bits per heavy atom. The van der Waals surface area contributed by atoms with E-state index in [1.807, 2.05) is 31.2 Å². The Balaban J connectivity index is 2.14. The van der Waals surface area contributed by atoms with Crippen molar-refractivity contribution in [3.05, 3.63) is 35.2 Å². The summed E-state index contributed by atoms with van der Waals surface area (Å²) in [5, 5.41) is 11.3. The minimum atomic E-state index is 0.443.